The molecule has 4 N–H and O–H groups in total. The number of nitrogens with two attached hydrogens (primary N) is 1. The first-order valence-corrected chi connectivity index (χ1v) is 5.86. The molecule has 6 heteroatoms. The van der Waals surface area contributed by atoms with Gasteiger partial charge in [0.05, 0.1) is 0 Å². The fraction of sp³-hybridized carbons (Fsp3) is 0.231. The van der Waals surface area contributed by atoms with E-state index in [1.54, 1.807) is 0 Å². The van der Waals surface area contributed by atoms with Crippen molar-refractivity contribution in [3.8, 4) is 0 Å². The van der Waals surface area contributed by atoms with Crippen LogP contribution >= 0.6 is 11.6 Å². The van der Waals surface area contributed by atoms with E-state index in [2.05, 4.69) is 6.92 Å². The Balaban J connectivity index is 0. The fourth-order valence-corrected chi connectivity index (χ4v) is 0.703. The number of carboxylic acid groups (broad SMARTS) is 2. The summed E-state index contributed by atoms with van der Waals surface area (Å²) in [6.45, 7) is 2.88. The number of hydrogen-bond acceptors (Lipinski definition) is 3. The van der Waals surface area contributed by atoms with E-state index in [0.717, 1.165) is 18.0 Å². The minimum absolute atomic E-state index is 0.558. The van der Waals surface area contributed by atoms with E-state index in [1.807, 2.05) is 30.3 Å². The van der Waals surface area contributed by atoms with Crippen molar-refractivity contribution in [1.82, 2.24) is 0 Å². The average molecular weight is 288 g/mol. The Kier molecular flexibility index (Phi) is 14.6. The highest BCUT2D eigenvalue weighted by molar-refractivity contribution is 6.30. The third kappa shape index (κ3) is 21.9. The summed E-state index contributed by atoms with van der Waals surface area (Å²) in [7, 11) is 0. The highest BCUT2D eigenvalue weighted by Crippen LogP contribution is 2.03. The van der Waals surface area contributed by atoms with Crippen molar-refractivity contribution in [1.29, 1.82) is 0 Å². The zero-order valence-electron chi connectivity index (χ0n) is 10.6. The van der Waals surface area contributed by atoms with Gasteiger partial charge in [0, 0.05) is 17.2 Å². The maximum absolute atomic E-state index is 9.55. The lowest BCUT2D eigenvalue weighted by atomic mass is 10.4. The molecule has 1 aromatic rings. The van der Waals surface area contributed by atoms with E-state index in [0.29, 0.717) is 12.2 Å². The monoisotopic (exact) mass is 287 g/mol. The highest BCUT2D eigenvalue weighted by Gasteiger charge is 1.88. The second-order valence-electron chi connectivity index (χ2n) is 3.09. The SMILES string of the molecule is CCCN.Clc1ccccc1.O=C(O)/C=C\C(=O)O. The lowest BCUT2D eigenvalue weighted by molar-refractivity contribution is -0.134. The zero-order valence-corrected chi connectivity index (χ0v) is 11.4. The van der Waals surface area contributed by atoms with E-state index in [-0.39, 0.29) is 0 Å². The lowest BCUT2D eigenvalue weighted by Crippen LogP contribution is -1.93. The van der Waals surface area contributed by atoms with E-state index < -0.39 is 11.9 Å². The van der Waals surface area contributed by atoms with Crippen molar-refractivity contribution >= 4 is 23.5 Å². The third-order valence-corrected chi connectivity index (χ3v) is 1.64. The number of benzene rings is 1. The molecular weight excluding hydrogens is 270 g/mol. The number of carboxylic acids is 2. The van der Waals surface area contributed by atoms with Crippen molar-refractivity contribution in [2.24, 2.45) is 5.73 Å². The van der Waals surface area contributed by atoms with Crippen LogP contribution in [0.15, 0.2) is 42.5 Å². The van der Waals surface area contributed by atoms with Gasteiger partial charge in [0.2, 0.25) is 0 Å². The summed E-state index contributed by atoms with van der Waals surface area (Å²) in [5, 5.41) is 16.4. The first-order chi connectivity index (χ1) is 8.93. The Morgan fingerprint density at radius 3 is 1.68 bits per heavy atom. The topological polar surface area (TPSA) is 101 Å². The minimum atomic E-state index is -1.26. The van der Waals surface area contributed by atoms with E-state index in [9.17, 15) is 9.59 Å². The quantitative estimate of drug-likeness (QED) is 0.741. The van der Waals surface area contributed by atoms with Gasteiger partial charge in [-0.05, 0) is 25.1 Å². The molecule has 5 nitrogen and oxygen atoms in total. The molecule has 0 bridgehead atoms. The first-order valence-electron chi connectivity index (χ1n) is 5.48. The van der Waals surface area contributed by atoms with E-state index in [1.165, 1.54) is 0 Å². The van der Waals surface area contributed by atoms with Crippen LogP contribution < -0.4 is 5.73 Å². The molecule has 0 atom stereocenters. The molecule has 106 valence electrons. The maximum Gasteiger partial charge on any atom is 0.328 e. The summed E-state index contributed by atoms with van der Waals surface area (Å²) < 4.78 is 0. The summed E-state index contributed by atoms with van der Waals surface area (Å²) in [4.78, 5) is 19.1. The summed E-state index contributed by atoms with van der Waals surface area (Å²) in [5.41, 5.74) is 5.03. The molecule has 0 unspecified atom stereocenters. The fourth-order valence-electron chi connectivity index (χ4n) is 0.557. The van der Waals surface area contributed by atoms with Crippen LogP contribution in [0, 0.1) is 0 Å². The van der Waals surface area contributed by atoms with E-state index in [4.69, 9.17) is 27.5 Å². The molecule has 0 saturated heterocycles. The number of aliphatic carboxylic acids is 2. The highest BCUT2D eigenvalue weighted by atomic mass is 35.5. The third-order valence-electron chi connectivity index (χ3n) is 1.39. The van der Waals surface area contributed by atoms with Crippen molar-refractivity contribution in [3.05, 3.63) is 47.5 Å². The van der Waals surface area contributed by atoms with Gasteiger partial charge in [0.25, 0.3) is 0 Å². The predicted molar refractivity (Wildman–Crippen MR) is 75.2 cm³/mol. The molecule has 0 aliphatic carbocycles. The van der Waals surface area contributed by atoms with Gasteiger partial charge >= 0.3 is 11.9 Å². The number of halogens is 1. The second-order valence-corrected chi connectivity index (χ2v) is 3.53. The van der Waals surface area contributed by atoms with Gasteiger partial charge < -0.3 is 15.9 Å². The van der Waals surface area contributed by atoms with Crippen molar-refractivity contribution in [3.63, 3.8) is 0 Å². The van der Waals surface area contributed by atoms with Gasteiger partial charge in [-0.2, -0.15) is 0 Å². The Hall–Kier alpha value is -1.85. The molecule has 0 aliphatic heterocycles. The summed E-state index contributed by atoms with van der Waals surface area (Å²) in [5.74, 6) is -2.51. The van der Waals surface area contributed by atoms with Crippen LogP contribution in [0.3, 0.4) is 0 Å². The van der Waals surface area contributed by atoms with Crippen molar-refractivity contribution in [2.45, 2.75) is 13.3 Å². The zero-order chi connectivity index (χ0) is 15.1. The standard InChI is InChI=1S/C6H5Cl.C4H4O4.C3H9N/c7-6-4-2-1-3-5-6;5-3(6)1-2-4(7)8;1-2-3-4/h1-5H;1-2H,(H,5,6)(H,7,8);2-4H2,1H3/b;2-1-;. The van der Waals surface area contributed by atoms with Crippen LogP contribution in [0.25, 0.3) is 0 Å². The average Bonchev–Trinajstić information content (AvgIpc) is 2.38. The van der Waals surface area contributed by atoms with Crippen LogP contribution in [0.1, 0.15) is 13.3 Å². The molecule has 0 heterocycles. The number of hydrogen-bond donors (Lipinski definition) is 3. The first kappa shape index (κ1) is 19.5. The molecule has 0 aliphatic rings. The van der Waals surface area contributed by atoms with Gasteiger partial charge in [-0.25, -0.2) is 9.59 Å². The minimum Gasteiger partial charge on any atom is -0.478 e. The summed E-state index contributed by atoms with van der Waals surface area (Å²) in [6.07, 6.45) is 2.21. The molecule has 19 heavy (non-hydrogen) atoms. The molecule has 0 aromatic heterocycles. The lowest BCUT2D eigenvalue weighted by Gasteiger charge is -1.80. The summed E-state index contributed by atoms with van der Waals surface area (Å²) in [6, 6.07) is 9.44. The maximum atomic E-state index is 9.55. The normalized spacial score (nSPS) is 8.79. The molecule has 0 spiro atoms. The largest absolute Gasteiger partial charge is 0.478 e. The molecule has 1 aromatic carbocycles. The Morgan fingerprint density at radius 1 is 1.16 bits per heavy atom. The molecule has 0 fully saturated rings. The second kappa shape index (κ2) is 14.2. The molecule has 0 radical (unpaired) electrons. The summed E-state index contributed by atoms with van der Waals surface area (Å²) >= 11 is 5.54. The van der Waals surface area contributed by atoms with Gasteiger partial charge in [0.15, 0.2) is 0 Å². The number of rotatable bonds is 3. The van der Waals surface area contributed by atoms with Crippen LogP contribution in [0.5, 0.6) is 0 Å². The predicted octanol–water partition coefficient (Wildman–Crippen LogP) is 2.41. The molecule has 0 saturated carbocycles. The Labute approximate surface area is 117 Å². The van der Waals surface area contributed by atoms with Gasteiger partial charge in [0.1, 0.15) is 0 Å². The molecule has 1 rings (SSSR count). The van der Waals surface area contributed by atoms with Gasteiger partial charge in [-0.15, -0.1) is 0 Å². The molecule has 0 amide bonds. The van der Waals surface area contributed by atoms with Gasteiger partial charge in [-0.3, -0.25) is 0 Å². The van der Waals surface area contributed by atoms with Crippen LogP contribution in [-0.4, -0.2) is 28.7 Å². The van der Waals surface area contributed by atoms with Crippen LogP contribution in [-0.2, 0) is 9.59 Å². The smallest absolute Gasteiger partial charge is 0.328 e. The van der Waals surface area contributed by atoms with Crippen molar-refractivity contribution in [2.75, 3.05) is 6.54 Å². The van der Waals surface area contributed by atoms with Crippen molar-refractivity contribution < 1.29 is 19.8 Å². The molecular formula is C13H18ClNO4. The van der Waals surface area contributed by atoms with Crippen LogP contribution in [0.2, 0.25) is 5.02 Å². The van der Waals surface area contributed by atoms with Gasteiger partial charge in [-0.1, -0.05) is 36.7 Å². The Morgan fingerprint density at radius 2 is 1.53 bits per heavy atom. The Bertz CT molecular complexity index is 361. The van der Waals surface area contributed by atoms with E-state index >= 15 is 0 Å². The number of carbonyl (C=O) groups is 2. The van der Waals surface area contributed by atoms with Crippen LogP contribution in [0.4, 0.5) is 0 Å².